The van der Waals surface area contributed by atoms with Crippen LogP contribution in [0.15, 0.2) is 94.4 Å². The van der Waals surface area contributed by atoms with Gasteiger partial charge in [-0.2, -0.15) is 0 Å². The van der Waals surface area contributed by atoms with Crippen LogP contribution in [-0.4, -0.2) is 28.8 Å². The van der Waals surface area contributed by atoms with Crippen LogP contribution in [0.4, 0.5) is 0 Å². The fourth-order valence-corrected chi connectivity index (χ4v) is 6.96. The third kappa shape index (κ3) is 4.30. The van der Waals surface area contributed by atoms with Crippen molar-refractivity contribution in [3.05, 3.63) is 121 Å². The second-order valence-corrected chi connectivity index (χ2v) is 11.1. The maximum Gasteiger partial charge on any atom is 0.338 e. The Hall–Kier alpha value is -4.69. The van der Waals surface area contributed by atoms with Gasteiger partial charge in [-0.05, 0) is 49.8 Å². The van der Waals surface area contributed by atoms with Crippen molar-refractivity contribution in [2.45, 2.75) is 33.4 Å². The molecule has 1 aliphatic heterocycles. The summed E-state index contributed by atoms with van der Waals surface area (Å²) in [4.78, 5) is 33.2. The van der Waals surface area contributed by atoms with Gasteiger partial charge in [0.25, 0.3) is 5.56 Å². The van der Waals surface area contributed by atoms with Crippen LogP contribution < -0.4 is 19.6 Å². The smallest absolute Gasteiger partial charge is 0.338 e. The van der Waals surface area contributed by atoms with E-state index in [0.717, 1.165) is 38.5 Å². The first-order chi connectivity index (χ1) is 20.4. The molecule has 0 bridgehead atoms. The molecule has 0 aliphatic carbocycles. The zero-order valence-corrected chi connectivity index (χ0v) is 24.8. The Morgan fingerprint density at radius 3 is 2.55 bits per heavy atom. The summed E-state index contributed by atoms with van der Waals surface area (Å²) in [6, 6.07) is 19.1. The number of carbonyl (C=O) groups excluding carboxylic acids is 1. The summed E-state index contributed by atoms with van der Waals surface area (Å²) in [5, 5.41) is 2.91. The molecule has 0 saturated heterocycles. The van der Waals surface area contributed by atoms with Crippen molar-refractivity contribution in [2.75, 3.05) is 13.7 Å². The van der Waals surface area contributed by atoms with Gasteiger partial charge in [0.2, 0.25) is 0 Å². The Labute approximate surface area is 247 Å². The highest BCUT2D eigenvalue weighted by Gasteiger charge is 2.36. The molecule has 0 fully saturated rings. The van der Waals surface area contributed by atoms with Crippen molar-refractivity contribution in [3.8, 4) is 5.75 Å². The van der Waals surface area contributed by atoms with Gasteiger partial charge in [0.15, 0.2) is 4.80 Å². The number of hydrogen-bond donors (Lipinski definition) is 0. The van der Waals surface area contributed by atoms with Gasteiger partial charge in [0, 0.05) is 34.3 Å². The van der Waals surface area contributed by atoms with Crippen LogP contribution in [0.5, 0.6) is 5.75 Å². The second-order valence-electron chi connectivity index (χ2n) is 10.1. The molecule has 0 N–H and O–H groups in total. The van der Waals surface area contributed by atoms with E-state index in [1.54, 1.807) is 25.5 Å². The number of nitrogens with zero attached hydrogens (tertiary/aromatic N) is 3. The van der Waals surface area contributed by atoms with Crippen molar-refractivity contribution in [2.24, 2.45) is 4.99 Å². The average molecular weight is 578 g/mol. The van der Waals surface area contributed by atoms with Gasteiger partial charge in [-0.25, -0.2) is 9.79 Å². The van der Waals surface area contributed by atoms with E-state index < -0.39 is 12.0 Å². The number of thiazole rings is 1. The number of fused-ring (bicyclic) bond motifs is 3. The zero-order valence-electron chi connectivity index (χ0n) is 24.0. The fourth-order valence-electron chi connectivity index (χ4n) is 5.94. The van der Waals surface area contributed by atoms with E-state index in [1.165, 1.54) is 11.3 Å². The number of benzene rings is 3. The number of carbonyl (C=O) groups is 1. The van der Waals surface area contributed by atoms with Gasteiger partial charge in [-0.3, -0.25) is 9.36 Å². The van der Waals surface area contributed by atoms with Gasteiger partial charge in [-0.15, -0.1) is 6.58 Å². The first-order valence-corrected chi connectivity index (χ1v) is 14.6. The van der Waals surface area contributed by atoms with Crippen LogP contribution in [0.25, 0.3) is 27.8 Å². The lowest BCUT2D eigenvalue weighted by molar-refractivity contribution is -0.139. The summed E-state index contributed by atoms with van der Waals surface area (Å²) in [5.74, 6) is 0.0736. The lowest BCUT2D eigenvalue weighted by atomic mass is 9.90. The molecule has 0 saturated carbocycles. The molecule has 0 unspecified atom stereocenters. The van der Waals surface area contributed by atoms with Crippen LogP contribution in [-0.2, 0) is 16.1 Å². The predicted molar refractivity (Wildman–Crippen MR) is 168 cm³/mol. The van der Waals surface area contributed by atoms with E-state index in [4.69, 9.17) is 14.5 Å². The molecule has 5 aromatic rings. The second kappa shape index (κ2) is 10.9. The summed E-state index contributed by atoms with van der Waals surface area (Å²) in [5.41, 5.74) is 4.42. The monoisotopic (exact) mass is 577 g/mol. The number of allylic oxidation sites excluding steroid dienone is 2. The summed E-state index contributed by atoms with van der Waals surface area (Å²) in [6.07, 6.45) is 3.82. The number of ether oxygens (including phenoxy) is 2. The summed E-state index contributed by atoms with van der Waals surface area (Å²) >= 11 is 1.32. The van der Waals surface area contributed by atoms with Gasteiger partial charge in [0.1, 0.15) is 11.8 Å². The van der Waals surface area contributed by atoms with Crippen molar-refractivity contribution in [3.63, 3.8) is 0 Å². The Kier molecular flexibility index (Phi) is 7.16. The first kappa shape index (κ1) is 27.5. The average Bonchev–Trinajstić information content (AvgIpc) is 3.44. The Morgan fingerprint density at radius 1 is 1.07 bits per heavy atom. The lowest BCUT2D eigenvalue weighted by Crippen LogP contribution is -2.40. The summed E-state index contributed by atoms with van der Waals surface area (Å²) < 4.78 is 15.7. The standard InChI is InChI=1S/C34H31N3O4S/c1-6-18-36-21(4)25(24-14-10-11-15-26(24)36)19-28-32(38)37-31(29(33(39)41-7-2)20(3)35-34(37)42-28)30-23-13-9-8-12-22(23)16-17-27(30)40-5/h6,8-17,19,31H,1,7,18H2,2-5H3/b28-19+/t31-/m0/s1. The lowest BCUT2D eigenvalue weighted by Gasteiger charge is -2.27. The highest BCUT2D eigenvalue weighted by atomic mass is 32.1. The Morgan fingerprint density at radius 2 is 1.81 bits per heavy atom. The molecule has 0 radical (unpaired) electrons. The minimum atomic E-state index is -0.785. The number of esters is 1. The molecule has 212 valence electrons. The maximum absolute atomic E-state index is 14.4. The van der Waals surface area contributed by atoms with E-state index in [0.29, 0.717) is 32.9 Å². The van der Waals surface area contributed by atoms with E-state index >= 15 is 0 Å². The zero-order chi connectivity index (χ0) is 29.5. The molecule has 1 atom stereocenters. The molecule has 42 heavy (non-hydrogen) atoms. The van der Waals surface area contributed by atoms with Crippen LogP contribution in [0.1, 0.15) is 36.7 Å². The van der Waals surface area contributed by atoms with E-state index in [1.807, 2.05) is 60.7 Å². The Balaban J connectivity index is 1.68. The molecule has 6 rings (SSSR count). The summed E-state index contributed by atoms with van der Waals surface area (Å²) in [7, 11) is 1.60. The molecule has 0 amide bonds. The van der Waals surface area contributed by atoms with Crippen LogP contribution >= 0.6 is 11.3 Å². The third-order valence-corrected chi connectivity index (χ3v) is 8.79. The molecule has 8 heteroatoms. The largest absolute Gasteiger partial charge is 0.496 e. The van der Waals surface area contributed by atoms with Crippen molar-refractivity contribution in [1.82, 2.24) is 9.13 Å². The number of methoxy groups -OCH3 is 1. The predicted octanol–water partition coefficient (Wildman–Crippen LogP) is 5.41. The van der Waals surface area contributed by atoms with E-state index in [-0.39, 0.29) is 12.2 Å². The minimum Gasteiger partial charge on any atom is -0.496 e. The Bertz CT molecular complexity index is 2110. The van der Waals surface area contributed by atoms with Gasteiger partial charge < -0.3 is 14.0 Å². The number of hydrogen-bond acceptors (Lipinski definition) is 6. The third-order valence-electron chi connectivity index (χ3n) is 7.81. The van der Waals surface area contributed by atoms with Crippen molar-refractivity contribution >= 4 is 45.1 Å². The maximum atomic E-state index is 14.4. The number of rotatable bonds is 7. The van der Waals surface area contributed by atoms with Gasteiger partial charge >= 0.3 is 5.97 Å². The van der Waals surface area contributed by atoms with Crippen molar-refractivity contribution < 1.29 is 14.3 Å². The number of para-hydroxylation sites is 1. The molecule has 2 aromatic heterocycles. The minimum absolute atomic E-state index is 0.202. The van der Waals surface area contributed by atoms with Crippen LogP contribution in [0.2, 0.25) is 0 Å². The normalized spacial score (nSPS) is 15.1. The fraction of sp³-hybridized carbons (Fsp3) is 0.206. The van der Waals surface area contributed by atoms with Gasteiger partial charge in [0.05, 0.1) is 29.5 Å². The highest BCUT2D eigenvalue weighted by Crippen LogP contribution is 2.40. The van der Waals surface area contributed by atoms with E-state index in [9.17, 15) is 9.59 Å². The molecule has 3 heterocycles. The SMILES string of the molecule is C=CCn1c(C)c(/C=c2/sc3n(c2=O)[C@H](c2c(OC)ccc4ccccc24)C(C(=O)OCC)=C(C)N=3)c2ccccc21. The molecule has 0 spiro atoms. The van der Waals surface area contributed by atoms with E-state index in [2.05, 4.69) is 30.2 Å². The molecule has 7 nitrogen and oxygen atoms in total. The van der Waals surface area contributed by atoms with Crippen molar-refractivity contribution in [1.29, 1.82) is 0 Å². The topological polar surface area (TPSA) is 74.8 Å². The van der Waals surface area contributed by atoms with Crippen LogP contribution in [0, 0.1) is 6.92 Å². The highest BCUT2D eigenvalue weighted by molar-refractivity contribution is 7.07. The van der Waals surface area contributed by atoms with Gasteiger partial charge in [-0.1, -0.05) is 65.9 Å². The molecular formula is C34H31N3O4S. The van der Waals surface area contributed by atoms with Crippen LogP contribution in [0.3, 0.4) is 0 Å². The molecule has 1 aliphatic rings. The molecular weight excluding hydrogens is 546 g/mol. The quantitative estimate of drug-likeness (QED) is 0.192. The molecule has 3 aromatic carbocycles. The number of aromatic nitrogens is 2. The first-order valence-electron chi connectivity index (χ1n) is 13.8. The summed E-state index contributed by atoms with van der Waals surface area (Å²) in [6.45, 7) is 10.4.